The van der Waals surface area contributed by atoms with Crippen LogP contribution in [0.25, 0.3) is 0 Å². The van der Waals surface area contributed by atoms with Crippen molar-refractivity contribution in [2.45, 2.75) is 52.0 Å². The van der Waals surface area contributed by atoms with E-state index in [9.17, 15) is 9.59 Å². The zero-order chi connectivity index (χ0) is 20.1. The first-order valence-corrected chi connectivity index (χ1v) is 10.5. The number of amides is 2. The maximum absolute atomic E-state index is 12.9. The minimum Gasteiger partial charge on any atom is -0.483 e. The van der Waals surface area contributed by atoms with E-state index < -0.39 is 0 Å². The average Bonchev–Trinajstić information content (AvgIpc) is 2.73. The first-order valence-electron chi connectivity index (χ1n) is 10.5. The molecule has 29 heavy (non-hydrogen) atoms. The molecule has 2 amide bonds. The van der Waals surface area contributed by atoms with Gasteiger partial charge in [0.1, 0.15) is 5.75 Å². The van der Waals surface area contributed by atoms with Crippen LogP contribution in [0.4, 0.5) is 0 Å². The van der Waals surface area contributed by atoms with Crippen molar-refractivity contribution in [3.05, 3.63) is 28.8 Å². The molecule has 7 heteroatoms. The maximum atomic E-state index is 12.9. The van der Waals surface area contributed by atoms with Crippen LogP contribution in [-0.2, 0) is 4.79 Å². The molecule has 1 aromatic rings. The van der Waals surface area contributed by atoms with Gasteiger partial charge in [-0.3, -0.25) is 9.59 Å². The summed E-state index contributed by atoms with van der Waals surface area (Å²) in [7, 11) is 1.95. The van der Waals surface area contributed by atoms with Crippen LogP contribution >= 0.6 is 12.4 Å². The van der Waals surface area contributed by atoms with Crippen LogP contribution in [0.2, 0.25) is 0 Å². The van der Waals surface area contributed by atoms with Crippen molar-refractivity contribution in [2.24, 2.45) is 0 Å². The third-order valence-corrected chi connectivity index (χ3v) is 5.87. The number of benzene rings is 1. The second kappa shape index (κ2) is 10.8. The number of hydrogen-bond donors (Lipinski definition) is 1. The number of likely N-dealkylation sites (tertiary alicyclic amines) is 2. The van der Waals surface area contributed by atoms with Crippen LogP contribution in [0, 0.1) is 13.8 Å². The highest BCUT2D eigenvalue weighted by Crippen LogP contribution is 2.26. The first kappa shape index (κ1) is 23.5. The third-order valence-electron chi connectivity index (χ3n) is 5.87. The van der Waals surface area contributed by atoms with Crippen molar-refractivity contribution < 1.29 is 14.3 Å². The molecule has 3 rings (SSSR count). The zero-order valence-corrected chi connectivity index (χ0v) is 18.6. The largest absolute Gasteiger partial charge is 0.483 e. The minimum atomic E-state index is 0. The lowest BCUT2D eigenvalue weighted by Crippen LogP contribution is -2.47. The molecule has 0 spiro atoms. The fraction of sp³-hybridized carbons (Fsp3) is 0.636. The number of carbonyl (C=O) groups excluding carboxylic acids is 2. The average molecular weight is 424 g/mol. The molecule has 2 aliphatic heterocycles. The van der Waals surface area contributed by atoms with Crippen molar-refractivity contribution in [3.63, 3.8) is 0 Å². The van der Waals surface area contributed by atoms with Gasteiger partial charge in [0.05, 0.1) is 0 Å². The normalized spacial score (nSPS) is 19.5. The van der Waals surface area contributed by atoms with E-state index in [0.717, 1.165) is 63.0 Å². The Morgan fingerprint density at radius 1 is 1.03 bits per heavy atom. The number of nitrogens with zero attached hydrogens (tertiary/aromatic N) is 2. The summed E-state index contributed by atoms with van der Waals surface area (Å²) in [6.45, 7) is 7.15. The Morgan fingerprint density at radius 2 is 1.66 bits per heavy atom. The molecule has 2 heterocycles. The van der Waals surface area contributed by atoms with Gasteiger partial charge in [0.25, 0.3) is 11.8 Å². The van der Waals surface area contributed by atoms with E-state index >= 15 is 0 Å². The highest BCUT2D eigenvalue weighted by atomic mass is 35.5. The maximum Gasteiger partial charge on any atom is 0.260 e. The number of rotatable bonds is 5. The Hall–Kier alpha value is -1.79. The minimum absolute atomic E-state index is 0. The summed E-state index contributed by atoms with van der Waals surface area (Å²) in [5.41, 5.74) is 2.50. The Morgan fingerprint density at radius 3 is 2.28 bits per heavy atom. The van der Waals surface area contributed by atoms with E-state index in [1.165, 1.54) is 6.42 Å². The fourth-order valence-electron chi connectivity index (χ4n) is 4.25. The Kier molecular flexibility index (Phi) is 8.78. The fourth-order valence-corrected chi connectivity index (χ4v) is 4.25. The quantitative estimate of drug-likeness (QED) is 0.790. The van der Waals surface area contributed by atoms with Crippen molar-refractivity contribution >= 4 is 24.2 Å². The Bertz CT molecular complexity index is 696. The number of ether oxygens (including phenoxy) is 1. The molecule has 2 aliphatic rings. The molecule has 1 aromatic carbocycles. The molecule has 162 valence electrons. The van der Waals surface area contributed by atoms with Crippen LogP contribution in [0.15, 0.2) is 12.1 Å². The number of aryl methyl sites for hydroxylation is 2. The van der Waals surface area contributed by atoms with E-state index in [4.69, 9.17) is 4.74 Å². The van der Waals surface area contributed by atoms with Gasteiger partial charge < -0.3 is 19.9 Å². The number of nitrogens with one attached hydrogen (secondary N) is 1. The summed E-state index contributed by atoms with van der Waals surface area (Å²) in [6.07, 6.45) is 5.48. The Labute approximate surface area is 180 Å². The van der Waals surface area contributed by atoms with Crippen LogP contribution < -0.4 is 10.1 Å². The van der Waals surface area contributed by atoms with Gasteiger partial charge in [-0.1, -0.05) is 0 Å². The van der Waals surface area contributed by atoms with Gasteiger partial charge in [0, 0.05) is 37.8 Å². The van der Waals surface area contributed by atoms with Crippen molar-refractivity contribution in [1.29, 1.82) is 0 Å². The Balaban J connectivity index is 0.00000300. The molecule has 0 aromatic heterocycles. The molecular weight excluding hydrogens is 390 g/mol. The van der Waals surface area contributed by atoms with Crippen LogP contribution in [0.5, 0.6) is 5.75 Å². The van der Waals surface area contributed by atoms with Gasteiger partial charge in [-0.15, -0.1) is 12.4 Å². The number of halogens is 1. The third kappa shape index (κ3) is 5.86. The highest BCUT2D eigenvalue weighted by molar-refractivity contribution is 5.95. The topological polar surface area (TPSA) is 61.9 Å². The molecule has 1 unspecified atom stereocenters. The van der Waals surface area contributed by atoms with E-state index in [1.54, 1.807) is 0 Å². The van der Waals surface area contributed by atoms with E-state index in [2.05, 4.69) is 5.32 Å². The lowest BCUT2D eigenvalue weighted by atomic mass is 10.0. The molecular formula is C22H34ClN3O3. The van der Waals surface area contributed by atoms with Crippen molar-refractivity contribution in [2.75, 3.05) is 39.8 Å². The van der Waals surface area contributed by atoms with E-state index in [-0.39, 0.29) is 30.8 Å². The predicted octanol–water partition coefficient (Wildman–Crippen LogP) is 2.94. The monoisotopic (exact) mass is 423 g/mol. The van der Waals surface area contributed by atoms with Crippen molar-refractivity contribution in [3.8, 4) is 5.75 Å². The van der Waals surface area contributed by atoms with E-state index in [1.807, 2.05) is 42.8 Å². The van der Waals surface area contributed by atoms with Gasteiger partial charge in [-0.05, 0) is 76.3 Å². The lowest BCUT2D eigenvalue weighted by Gasteiger charge is -2.32. The molecule has 1 N–H and O–H groups in total. The van der Waals surface area contributed by atoms with Gasteiger partial charge in [0.2, 0.25) is 0 Å². The van der Waals surface area contributed by atoms with Crippen molar-refractivity contribution in [1.82, 2.24) is 15.1 Å². The summed E-state index contributed by atoms with van der Waals surface area (Å²) in [5, 5.41) is 3.28. The molecule has 1 atom stereocenters. The smallest absolute Gasteiger partial charge is 0.260 e. The van der Waals surface area contributed by atoms with Crippen LogP contribution in [0.1, 0.15) is 53.6 Å². The number of piperidine rings is 2. The number of likely N-dealkylation sites (N-methyl/N-ethyl adjacent to an activating group) is 1. The second-order valence-electron chi connectivity index (χ2n) is 8.05. The van der Waals surface area contributed by atoms with Gasteiger partial charge >= 0.3 is 0 Å². The molecule has 2 saturated heterocycles. The van der Waals surface area contributed by atoms with Gasteiger partial charge in [-0.2, -0.15) is 0 Å². The summed E-state index contributed by atoms with van der Waals surface area (Å²) in [4.78, 5) is 29.1. The summed E-state index contributed by atoms with van der Waals surface area (Å²) in [6, 6.07) is 4.14. The zero-order valence-electron chi connectivity index (χ0n) is 17.8. The summed E-state index contributed by atoms with van der Waals surface area (Å²) in [5.74, 6) is 0.834. The lowest BCUT2D eigenvalue weighted by molar-refractivity contribution is -0.134. The standard InChI is InChI=1S/C22H33N3O3.ClH/c1-16-12-18(22(27)25-11-7-8-19(14-25)23-3)13-17(2)21(16)28-15-20(26)24-9-5-4-6-10-24;/h12-13,19,23H,4-11,14-15H2,1-3H3;1H. The molecule has 0 bridgehead atoms. The molecule has 2 fully saturated rings. The highest BCUT2D eigenvalue weighted by Gasteiger charge is 2.24. The SMILES string of the molecule is CNC1CCCN(C(=O)c2cc(C)c(OCC(=O)N3CCCCC3)c(C)c2)C1.Cl. The number of carbonyl (C=O) groups is 2. The number of hydrogen-bond acceptors (Lipinski definition) is 4. The van der Waals surface area contributed by atoms with Crippen LogP contribution in [0.3, 0.4) is 0 Å². The summed E-state index contributed by atoms with van der Waals surface area (Å²) < 4.78 is 5.87. The first-order chi connectivity index (χ1) is 13.5. The molecule has 0 saturated carbocycles. The predicted molar refractivity (Wildman–Crippen MR) is 117 cm³/mol. The van der Waals surface area contributed by atoms with Gasteiger partial charge in [-0.25, -0.2) is 0 Å². The summed E-state index contributed by atoms with van der Waals surface area (Å²) >= 11 is 0. The van der Waals surface area contributed by atoms with Crippen LogP contribution in [-0.4, -0.2) is 67.5 Å². The molecule has 0 aliphatic carbocycles. The molecule has 0 radical (unpaired) electrons. The second-order valence-corrected chi connectivity index (χ2v) is 8.05. The molecule has 6 nitrogen and oxygen atoms in total. The van der Waals surface area contributed by atoms with E-state index in [0.29, 0.717) is 17.4 Å². The van der Waals surface area contributed by atoms with Gasteiger partial charge in [0.15, 0.2) is 6.61 Å².